The molecular formula is C14H13N2O6S-. The Morgan fingerprint density at radius 1 is 1.13 bits per heavy atom. The second-order valence-corrected chi connectivity index (χ2v) is 5.73. The second kappa shape index (κ2) is 6.53. The van der Waals surface area contributed by atoms with E-state index >= 15 is 0 Å². The lowest BCUT2D eigenvalue weighted by atomic mass is 10.2. The molecule has 0 bridgehead atoms. The molecule has 0 saturated heterocycles. The zero-order valence-electron chi connectivity index (χ0n) is 12.3. The van der Waals surface area contributed by atoms with Gasteiger partial charge in [0.2, 0.25) is 0 Å². The molecule has 0 amide bonds. The maximum atomic E-state index is 12.0. The van der Waals surface area contributed by atoms with Crippen molar-refractivity contribution in [3.05, 3.63) is 62.9 Å². The Kier molecular flexibility index (Phi) is 4.70. The van der Waals surface area contributed by atoms with Gasteiger partial charge in [-0.2, -0.15) is 0 Å². The summed E-state index contributed by atoms with van der Waals surface area (Å²) < 4.78 is 37.4. The third-order valence-electron chi connectivity index (χ3n) is 2.79. The van der Waals surface area contributed by atoms with Crippen LogP contribution in [0.25, 0.3) is 4.72 Å². The fraction of sp³-hybridized carbons (Fsp3) is 0.143. The van der Waals surface area contributed by atoms with E-state index in [0.717, 1.165) is 17.7 Å². The Hall–Kier alpha value is -2.81. The van der Waals surface area contributed by atoms with E-state index in [1.807, 2.05) is 0 Å². The highest BCUT2D eigenvalue weighted by Gasteiger charge is 2.08. The Morgan fingerprint density at radius 2 is 1.78 bits per heavy atom. The lowest BCUT2D eigenvalue weighted by molar-refractivity contribution is -0.384. The molecule has 0 atom stereocenters. The molecule has 0 aliphatic carbocycles. The van der Waals surface area contributed by atoms with E-state index < -0.39 is 15.2 Å². The van der Waals surface area contributed by atoms with Gasteiger partial charge in [0.25, 0.3) is 16.0 Å². The van der Waals surface area contributed by atoms with Gasteiger partial charge in [0, 0.05) is 12.1 Å². The van der Waals surface area contributed by atoms with Crippen LogP contribution in [0.4, 0.5) is 11.4 Å². The van der Waals surface area contributed by atoms with Gasteiger partial charge >= 0.3 is 0 Å². The molecule has 2 rings (SSSR count). The lowest BCUT2D eigenvalue weighted by Gasteiger charge is -2.24. The van der Waals surface area contributed by atoms with Crippen molar-refractivity contribution in [2.45, 2.75) is 6.92 Å². The maximum absolute atomic E-state index is 12.0. The molecule has 0 spiro atoms. The third-order valence-corrected chi connectivity index (χ3v) is 3.62. The smallest absolute Gasteiger partial charge is 0.269 e. The van der Waals surface area contributed by atoms with Crippen molar-refractivity contribution in [1.29, 1.82) is 0 Å². The minimum absolute atomic E-state index is 0.0778. The average Bonchev–Trinajstić information content (AvgIpc) is 2.47. The first kappa shape index (κ1) is 16.6. The number of nitro groups is 1. The number of hydrogen-bond acceptors (Lipinski definition) is 6. The van der Waals surface area contributed by atoms with Gasteiger partial charge in [-0.1, -0.05) is 23.4 Å². The Balaban J connectivity index is 2.19. The molecule has 0 fully saturated rings. The summed E-state index contributed by atoms with van der Waals surface area (Å²) in [7, 11) is -2.90. The molecule has 0 heterocycles. The van der Waals surface area contributed by atoms with Crippen LogP contribution >= 0.6 is 0 Å². The second-order valence-electron chi connectivity index (χ2n) is 4.53. The van der Waals surface area contributed by atoms with Crippen LogP contribution in [0.15, 0.2) is 42.5 Å². The maximum Gasteiger partial charge on any atom is 0.269 e. The summed E-state index contributed by atoms with van der Waals surface area (Å²) in [5.41, 5.74) is 0.733. The molecule has 0 radical (unpaired) electrons. The number of non-ortho nitro benzene ring substituents is 1. The largest absolute Gasteiger partial charge is 0.540 e. The molecule has 2 aromatic carbocycles. The molecule has 0 aliphatic rings. The van der Waals surface area contributed by atoms with Crippen LogP contribution < -0.4 is 8.92 Å². The number of benzene rings is 2. The van der Waals surface area contributed by atoms with Crippen LogP contribution in [0.3, 0.4) is 0 Å². The highest BCUT2D eigenvalue weighted by atomic mass is 32.2. The molecule has 0 aromatic heterocycles. The molecule has 2 aromatic rings. The lowest BCUT2D eigenvalue weighted by Crippen LogP contribution is -2.06. The molecule has 23 heavy (non-hydrogen) atoms. The number of ether oxygens (including phenoxy) is 1. The zero-order chi connectivity index (χ0) is 17.0. The van der Waals surface area contributed by atoms with E-state index in [2.05, 4.69) is 4.72 Å². The van der Waals surface area contributed by atoms with E-state index in [1.54, 1.807) is 19.1 Å². The first-order valence-electron chi connectivity index (χ1n) is 6.37. The van der Waals surface area contributed by atoms with Crippen LogP contribution in [0.2, 0.25) is 0 Å². The van der Waals surface area contributed by atoms with Gasteiger partial charge in [0.1, 0.15) is 11.5 Å². The summed E-state index contributed by atoms with van der Waals surface area (Å²) >= 11 is 0. The minimum Gasteiger partial charge on any atom is -0.540 e. The summed E-state index contributed by atoms with van der Waals surface area (Å²) in [4.78, 5) is 9.96. The number of hydrogen-bond donors (Lipinski definition) is 0. The van der Waals surface area contributed by atoms with Gasteiger partial charge in [0.05, 0.1) is 12.0 Å². The molecule has 8 nitrogen and oxygen atoms in total. The fourth-order valence-corrected chi connectivity index (χ4v) is 2.53. The molecule has 9 heteroatoms. The van der Waals surface area contributed by atoms with E-state index in [9.17, 15) is 18.5 Å². The molecular weight excluding hydrogens is 324 g/mol. The van der Waals surface area contributed by atoms with Gasteiger partial charge < -0.3 is 13.6 Å². The van der Waals surface area contributed by atoms with Crippen molar-refractivity contribution in [3.63, 3.8) is 0 Å². The van der Waals surface area contributed by atoms with E-state index in [1.165, 1.54) is 25.3 Å². The number of methoxy groups -OCH3 is 1. The summed E-state index contributed by atoms with van der Waals surface area (Å²) in [6.45, 7) is 1.78. The Morgan fingerprint density at radius 3 is 2.35 bits per heavy atom. The highest BCUT2D eigenvalue weighted by Crippen LogP contribution is 2.35. The normalized spacial score (nSPS) is 10.9. The standard InChI is InChI=1S/C14H13N2O6S/c1-10-3-8-14(21-2)13(9-10)15-23(19,20)22-12-6-4-11(5-7-12)16(17)18/h3-9H,1-2H3/q-1. The Bertz CT molecular complexity index is 818. The first-order valence-corrected chi connectivity index (χ1v) is 7.74. The van der Waals surface area contributed by atoms with Crippen LogP contribution in [-0.2, 0) is 10.3 Å². The van der Waals surface area contributed by atoms with Crippen LogP contribution in [0, 0.1) is 17.0 Å². The van der Waals surface area contributed by atoms with E-state index in [-0.39, 0.29) is 22.9 Å². The van der Waals surface area contributed by atoms with Crippen LogP contribution in [-0.4, -0.2) is 20.5 Å². The zero-order valence-corrected chi connectivity index (χ0v) is 13.1. The van der Waals surface area contributed by atoms with Crippen molar-refractivity contribution in [2.75, 3.05) is 7.11 Å². The van der Waals surface area contributed by atoms with Crippen LogP contribution in [0.1, 0.15) is 5.56 Å². The molecule has 0 aliphatic heterocycles. The predicted molar refractivity (Wildman–Crippen MR) is 83.4 cm³/mol. The van der Waals surface area contributed by atoms with Gasteiger partial charge in [-0.25, -0.2) is 8.42 Å². The van der Waals surface area contributed by atoms with Gasteiger partial charge in [-0.05, 0) is 25.1 Å². The average molecular weight is 337 g/mol. The number of rotatable bonds is 6. The van der Waals surface area contributed by atoms with Gasteiger partial charge in [-0.3, -0.25) is 10.1 Å². The van der Waals surface area contributed by atoms with Crippen molar-refractivity contribution in [1.82, 2.24) is 0 Å². The monoisotopic (exact) mass is 337 g/mol. The third kappa shape index (κ3) is 4.33. The predicted octanol–water partition coefficient (Wildman–Crippen LogP) is 3.24. The highest BCUT2D eigenvalue weighted by molar-refractivity contribution is 7.90. The summed E-state index contributed by atoms with van der Waals surface area (Å²) in [5, 5.41) is 10.6. The fourth-order valence-electron chi connectivity index (χ4n) is 1.76. The summed E-state index contributed by atoms with van der Waals surface area (Å²) in [6, 6.07) is 9.51. The quantitative estimate of drug-likeness (QED) is 0.591. The first-order chi connectivity index (χ1) is 10.8. The molecule has 122 valence electrons. The number of nitrogens with zero attached hydrogens (tertiary/aromatic N) is 2. The van der Waals surface area contributed by atoms with Crippen molar-refractivity contribution < 1.29 is 22.3 Å². The van der Waals surface area contributed by atoms with Crippen molar-refractivity contribution in [2.24, 2.45) is 0 Å². The Labute approximate surface area is 133 Å². The van der Waals surface area contributed by atoms with Crippen molar-refractivity contribution >= 4 is 21.7 Å². The van der Waals surface area contributed by atoms with E-state index in [0.29, 0.717) is 0 Å². The SMILES string of the molecule is COc1ccc(C)cc1[N-]S(=O)(=O)Oc1ccc([N+](=O)[O-])cc1. The topological polar surface area (TPSA) is 110 Å². The van der Waals surface area contributed by atoms with Gasteiger partial charge in [-0.15, -0.1) is 0 Å². The van der Waals surface area contributed by atoms with Crippen LogP contribution in [0.5, 0.6) is 11.5 Å². The summed E-state index contributed by atoms with van der Waals surface area (Å²) in [6.07, 6.45) is 0. The summed E-state index contributed by atoms with van der Waals surface area (Å²) in [5.74, 6) is 0.206. The number of nitro benzene ring substituents is 1. The van der Waals surface area contributed by atoms with Gasteiger partial charge in [0.15, 0.2) is 0 Å². The van der Waals surface area contributed by atoms with E-state index in [4.69, 9.17) is 8.92 Å². The van der Waals surface area contributed by atoms with Crippen molar-refractivity contribution in [3.8, 4) is 11.5 Å². The molecule has 0 N–H and O–H groups in total. The molecule has 0 saturated carbocycles. The number of aryl methyl sites for hydroxylation is 1. The minimum atomic E-state index is -4.29. The molecule has 0 unspecified atom stereocenters.